The average Bonchev–Trinajstić information content (AvgIpc) is 3.28. The van der Waals surface area contributed by atoms with Crippen molar-refractivity contribution in [3.8, 4) is 0 Å². The van der Waals surface area contributed by atoms with Gasteiger partial charge in [0.1, 0.15) is 5.58 Å². The summed E-state index contributed by atoms with van der Waals surface area (Å²) in [5, 5.41) is 2.29. The number of rotatable bonds is 1. The highest BCUT2D eigenvalue weighted by Crippen LogP contribution is 2.59. The van der Waals surface area contributed by atoms with Gasteiger partial charge in [0.15, 0.2) is 0 Å². The lowest BCUT2D eigenvalue weighted by Gasteiger charge is -2.38. The van der Waals surface area contributed by atoms with Crippen LogP contribution < -0.4 is 4.90 Å². The number of furan rings is 1. The summed E-state index contributed by atoms with van der Waals surface area (Å²) in [7, 11) is 0. The zero-order chi connectivity index (χ0) is 18.3. The second-order valence-corrected chi connectivity index (χ2v) is 8.41. The van der Waals surface area contributed by atoms with Gasteiger partial charge in [-0.2, -0.15) is 0 Å². The molecule has 27 heavy (non-hydrogen) atoms. The van der Waals surface area contributed by atoms with E-state index in [1.807, 2.05) is 6.07 Å². The van der Waals surface area contributed by atoms with E-state index in [9.17, 15) is 0 Å². The van der Waals surface area contributed by atoms with Crippen molar-refractivity contribution < 1.29 is 4.42 Å². The number of para-hydroxylation sites is 1. The summed E-state index contributed by atoms with van der Waals surface area (Å²) in [6.07, 6.45) is 1.81. The van der Waals surface area contributed by atoms with Gasteiger partial charge in [0.05, 0.1) is 0 Å². The molecular weight excluding hydrogens is 332 g/mol. The Balaban J connectivity index is 1.66. The molecule has 2 aromatic carbocycles. The molecule has 2 bridgehead atoms. The van der Waals surface area contributed by atoms with E-state index in [2.05, 4.69) is 73.1 Å². The minimum Gasteiger partial charge on any atom is -0.437 e. The lowest BCUT2D eigenvalue weighted by Crippen LogP contribution is -2.35. The molecule has 4 aromatic rings. The topological polar surface area (TPSA) is 29.3 Å². The zero-order valence-corrected chi connectivity index (χ0v) is 15.9. The van der Waals surface area contributed by atoms with Gasteiger partial charge in [-0.3, -0.25) is 0 Å². The monoisotopic (exact) mass is 354 g/mol. The average molecular weight is 354 g/mol. The maximum atomic E-state index is 6.34. The molecule has 2 unspecified atom stereocenters. The van der Waals surface area contributed by atoms with Crippen LogP contribution in [0.4, 0.5) is 5.69 Å². The molecule has 0 radical (unpaired) electrons. The van der Waals surface area contributed by atoms with Gasteiger partial charge >= 0.3 is 0 Å². The number of hydrogen-bond acceptors (Lipinski definition) is 3. The van der Waals surface area contributed by atoms with Crippen LogP contribution in [-0.2, 0) is 5.41 Å². The summed E-state index contributed by atoms with van der Waals surface area (Å²) in [5.41, 5.74) is 7.40. The molecule has 4 heterocycles. The van der Waals surface area contributed by atoms with E-state index in [1.54, 1.807) is 6.20 Å². The summed E-state index contributed by atoms with van der Waals surface area (Å²) in [6.45, 7) is 8.09. The fourth-order valence-electron chi connectivity index (χ4n) is 5.81. The molecule has 3 heteroatoms. The standard InChI is InChI=1S/C24H22N2O/c1-14-10-11-16-17-7-6-12-25-23(17)27-22(16)20(14)21-15(2)26-13-24(21,3)18-8-4-5-9-19(18)26/h4-12,15,21H,13H2,1-3H3/t15-,21?,24?/m1/s1. The van der Waals surface area contributed by atoms with E-state index in [0.717, 1.165) is 23.2 Å². The molecule has 0 saturated carbocycles. The molecule has 6 rings (SSSR count). The summed E-state index contributed by atoms with van der Waals surface area (Å²) < 4.78 is 6.34. The molecule has 1 fully saturated rings. The first kappa shape index (κ1) is 15.3. The molecule has 3 atom stereocenters. The third kappa shape index (κ3) is 1.75. The van der Waals surface area contributed by atoms with Crippen molar-refractivity contribution in [2.75, 3.05) is 11.4 Å². The molecule has 0 spiro atoms. The van der Waals surface area contributed by atoms with Crippen molar-refractivity contribution >= 4 is 27.8 Å². The highest BCUT2D eigenvalue weighted by molar-refractivity contribution is 6.05. The molecule has 2 aliphatic heterocycles. The van der Waals surface area contributed by atoms with Crippen LogP contribution in [0, 0.1) is 6.92 Å². The number of benzene rings is 2. The molecule has 3 nitrogen and oxygen atoms in total. The Labute approximate surface area is 158 Å². The number of aromatic nitrogens is 1. The molecule has 1 saturated heterocycles. The van der Waals surface area contributed by atoms with E-state index < -0.39 is 0 Å². The number of hydrogen-bond donors (Lipinski definition) is 0. The Hall–Kier alpha value is -2.81. The Morgan fingerprint density at radius 3 is 2.81 bits per heavy atom. The van der Waals surface area contributed by atoms with Crippen LogP contribution in [0.15, 0.2) is 59.1 Å². The van der Waals surface area contributed by atoms with Crippen LogP contribution in [-0.4, -0.2) is 17.6 Å². The van der Waals surface area contributed by atoms with Gasteiger partial charge in [-0.05, 0) is 43.2 Å². The number of fused-ring (bicyclic) bond motifs is 8. The minimum absolute atomic E-state index is 0.0987. The van der Waals surface area contributed by atoms with Crippen molar-refractivity contribution in [3.63, 3.8) is 0 Å². The minimum atomic E-state index is 0.0987. The summed E-state index contributed by atoms with van der Waals surface area (Å²) in [6, 6.07) is 17.9. The van der Waals surface area contributed by atoms with E-state index in [1.165, 1.54) is 27.8 Å². The SMILES string of the molecule is Cc1ccc2c(oc3ncccc32)c1C1[C@@H](C)N2CC1(C)c1ccccc12. The third-order valence-corrected chi connectivity index (χ3v) is 6.97. The predicted molar refractivity (Wildman–Crippen MR) is 110 cm³/mol. The quantitative estimate of drug-likeness (QED) is 0.448. The van der Waals surface area contributed by atoms with Crippen LogP contribution in [0.1, 0.15) is 36.5 Å². The second kappa shape index (κ2) is 4.92. The molecular formula is C24H22N2O. The molecule has 2 aliphatic rings. The Morgan fingerprint density at radius 2 is 1.93 bits per heavy atom. The predicted octanol–water partition coefficient (Wildman–Crippen LogP) is 5.55. The van der Waals surface area contributed by atoms with Crippen LogP contribution in [0.5, 0.6) is 0 Å². The maximum absolute atomic E-state index is 6.34. The summed E-state index contributed by atoms with van der Waals surface area (Å²) in [5.74, 6) is 0.400. The number of aryl methyl sites for hydroxylation is 1. The van der Waals surface area contributed by atoms with Crippen LogP contribution in [0.3, 0.4) is 0 Å². The van der Waals surface area contributed by atoms with Crippen molar-refractivity contribution in [2.45, 2.75) is 38.1 Å². The van der Waals surface area contributed by atoms with Gasteiger partial charge in [0.25, 0.3) is 0 Å². The van der Waals surface area contributed by atoms with Gasteiger partial charge in [0, 0.05) is 52.1 Å². The fourth-order valence-corrected chi connectivity index (χ4v) is 5.81. The number of pyridine rings is 1. The normalized spacial score (nSPS) is 26.3. The van der Waals surface area contributed by atoms with Gasteiger partial charge < -0.3 is 9.32 Å². The fraction of sp³-hybridized carbons (Fsp3) is 0.292. The lowest BCUT2D eigenvalue weighted by molar-refractivity contribution is 0.433. The maximum Gasteiger partial charge on any atom is 0.227 e. The van der Waals surface area contributed by atoms with Crippen LogP contribution in [0.25, 0.3) is 22.1 Å². The summed E-state index contributed by atoms with van der Waals surface area (Å²) in [4.78, 5) is 7.04. The van der Waals surface area contributed by atoms with Gasteiger partial charge in [0.2, 0.25) is 5.71 Å². The van der Waals surface area contributed by atoms with Crippen molar-refractivity contribution in [2.24, 2.45) is 0 Å². The first-order chi connectivity index (χ1) is 13.1. The largest absolute Gasteiger partial charge is 0.437 e. The Morgan fingerprint density at radius 1 is 1.07 bits per heavy atom. The number of anilines is 1. The van der Waals surface area contributed by atoms with Crippen molar-refractivity contribution in [3.05, 3.63) is 71.4 Å². The molecule has 134 valence electrons. The van der Waals surface area contributed by atoms with Crippen molar-refractivity contribution in [1.82, 2.24) is 4.98 Å². The van der Waals surface area contributed by atoms with E-state index in [4.69, 9.17) is 4.42 Å². The molecule has 0 aliphatic carbocycles. The third-order valence-electron chi connectivity index (χ3n) is 6.97. The van der Waals surface area contributed by atoms with E-state index >= 15 is 0 Å². The lowest BCUT2D eigenvalue weighted by atomic mass is 9.67. The van der Waals surface area contributed by atoms with Gasteiger partial charge in [-0.1, -0.05) is 37.3 Å². The molecule has 2 aromatic heterocycles. The van der Waals surface area contributed by atoms with E-state index in [0.29, 0.717) is 12.0 Å². The van der Waals surface area contributed by atoms with Crippen LogP contribution in [0.2, 0.25) is 0 Å². The smallest absolute Gasteiger partial charge is 0.227 e. The Kier molecular flexibility index (Phi) is 2.78. The van der Waals surface area contributed by atoms with Gasteiger partial charge in [-0.25, -0.2) is 4.98 Å². The highest BCUT2D eigenvalue weighted by Gasteiger charge is 2.56. The van der Waals surface area contributed by atoms with E-state index in [-0.39, 0.29) is 5.41 Å². The first-order valence-corrected chi connectivity index (χ1v) is 9.72. The molecule has 0 amide bonds. The van der Waals surface area contributed by atoms with Crippen molar-refractivity contribution in [1.29, 1.82) is 0 Å². The molecule has 0 N–H and O–H groups in total. The highest BCUT2D eigenvalue weighted by atomic mass is 16.3. The first-order valence-electron chi connectivity index (χ1n) is 9.72. The number of nitrogens with zero attached hydrogens (tertiary/aromatic N) is 2. The zero-order valence-electron chi connectivity index (χ0n) is 15.9. The van der Waals surface area contributed by atoms with Crippen LogP contribution >= 0.6 is 0 Å². The summed E-state index contributed by atoms with van der Waals surface area (Å²) >= 11 is 0. The Bertz CT molecular complexity index is 1220. The second-order valence-electron chi connectivity index (χ2n) is 8.41. The van der Waals surface area contributed by atoms with Gasteiger partial charge in [-0.15, -0.1) is 0 Å².